The molecule has 4 heterocycles. The molecule has 7 heteroatoms. The van der Waals surface area contributed by atoms with E-state index >= 15 is 0 Å². The molecule has 2 aliphatic rings. The number of aromatic amines is 1. The molecular formula is C24H30N6O. The van der Waals surface area contributed by atoms with Gasteiger partial charge in [0.1, 0.15) is 11.6 Å². The van der Waals surface area contributed by atoms with Crippen molar-refractivity contribution in [3.8, 4) is 0 Å². The number of carbonyl (C=O) groups is 1. The number of hydrogen-bond acceptors (Lipinski definition) is 5. The zero-order valence-electron chi connectivity index (χ0n) is 18.3. The lowest BCUT2D eigenvalue weighted by atomic mass is 9.96. The van der Waals surface area contributed by atoms with E-state index in [-0.39, 0.29) is 5.91 Å². The molecule has 1 fully saturated rings. The van der Waals surface area contributed by atoms with Gasteiger partial charge < -0.3 is 20.1 Å². The quantitative estimate of drug-likeness (QED) is 0.681. The highest BCUT2D eigenvalue weighted by Crippen LogP contribution is 2.30. The molecule has 0 bridgehead atoms. The van der Waals surface area contributed by atoms with Gasteiger partial charge in [0.2, 0.25) is 5.91 Å². The number of fused-ring (bicyclic) bond motifs is 2. The maximum atomic E-state index is 13.1. The first-order valence-electron chi connectivity index (χ1n) is 11.2. The summed E-state index contributed by atoms with van der Waals surface area (Å²) in [5.41, 5.74) is 4.28. The van der Waals surface area contributed by atoms with Crippen molar-refractivity contribution in [1.29, 1.82) is 0 Å². The smallest absolute Gasteiger partial charge is 0.227 e. The molecule has 1 saturated heterocycles. The molecule has 7 nitrogen and oxygen atoms in total. The van der Waals surface area contributed by atoms with Crippen LogP contribution in [0.3, 0.4) is 0 Å². The third kappa shape index (κ3) is 3.90. The maximum absolute atomic E-state index is 13.1. The Bertz CT molecular complexity index is 1090. The number of nitrogens with one attached hydrogen (secondary N) is 2. The second kappa shape index (κ2) is 8.30. The number of piperidine rings is 1. The van der Waals surface area contributed by atoms with E-state index in [4.69, 9.17) is 9.97 Å². The summed E-state index contributed by atoms with van der Waals surface area (Å²) in [7, 11) is 4.08. The Balaban J connectivity index is 1.35. The lowest BCUT2D eigenvalue weighted by molar-refractivity contribution is -0.131. The second-order valence-corrected chi connectivity index (χ2v) is 8.81. The van der Waals surface area contributed by atoms with Crippen LogP contribution in [0.1, 0.15) is 41.4 Å². The lowest BCUT2D eigenvalue weighted by Crippen LogP contribution is -2.38. The van der Waals surface area contributed by atoms with Crippen molar-refractivity contribution < 1.29 is 4.79 Å². The van der Waals surface area contributed by atoms with Gasteiger partial charge in [0.15, 0.2) is 0 Å². The van der Waals surface area contributed by atoms with Crippen LogP contribution in [0.25, 0.3) is 10.9 Å². The number of carbonyl (C=O) groups excluding carboxylic acids is 1. The van der Waals surface area contributed by atoms with Crippen LogP contribution < -0.4 is 5.32 Å². The number of amides is 1. The Kier molecular flexibility index (Phi) is 5.36. The Morgan fingerprint density at radius 1 is 1.26 bits per heavy atom. The Morgan fingerprint density at radius 2 is 2.13 bits per heavy atom. The molecule has 2 aromatic heterocycles. The van der Waals surface area contributed by atoms with E-state index in [1.54, 1.807) is 0 Å². The van der Waals surface area contributed by atoms with Crippen LogP contribution in [0.15, 0.2) is 30.5 Å². The Hall–Kier alpha value is -2.93. The van der Waals surface area contributed by atoms with Crippen molar-refractivity contribution in [2.45, 2.75) is 38.1 Å². The molecule has 2 N–H and O–H groups in total. The summed E-state index contributed by atoms with van der Waals surface area (Å²) < 4.78 is 0. The van der Waals surface area contributed by atoms with Gasteiger partial charge in [-0.05, 0) is 38.1 Å². The average Bonchev–Trinajstić information content (AvgIpc) is 3.20. The van der Waals surface area contributed by atoms with Gasteiger partial charge in [-0.15, -0.1) is 0 Å². The normalized spacial score (nSPS) is 19.4. The molecule has 1 atom stereocenters. The summed E-state index contributed by atoms with van der Waals surface area (Å²) >= 11 is 0. The molecule has 0 aliphatic carbocycles. The molecule has 0 unspecified atom stereocenters. The third-order valence-electron chi connectivity index (χ3n) is 6.67. The first kappa shape index (κ1) is 20.0. The first-order valence-corrected chi connectivity index (χ1v) is 11.2. The molecule has 0 saturated carbocycles. The van der Waals surface area contributed by atoms with E-state index < -0.39 is 0 Å². The molecule has 1 aromatic carbocycles. The summed E-state index contributed by atoms with van der Waals surface area (Å²) in [4.78, 5) is 30.5. The van der Waals surface area contributed by atoms with E-state index in [0.717, 1.165) is 65.3 Å². The van der Waals surface area contributed by atoms with Crippen LogP contribution in [0, 0.1) is 0 Å². The van der Waals surface area contributed by atoms with Crippen LogP contribution >= 0.6 is 0 Å². The van der Waals surface area contributed by atoms with Gasteiger partial charge in [-0.1, -0.05) is 18.2 Å². The number of nitrogens with zero attached hydrogens (tertiary/aromatic N) is 4. The minimum absolute atomic E-state index is 0.149. The number of para-hydroxylation sites is 1. The highest BCUT2D eigenvalue weighted by atomic mass is 16.2. The van der Waals surface area contributed by atoms with Crippen LogP contribution in [0.5, 0.6) is 0 Å². The number of benzene rings is 1. The van der Waals surface area contributed by atoms with Crippen molar-refractivity contribution in [1.82, 2.24) is 24.8 Å². The predicted molar refractivity (Wildman–Crippen MR) is 122 cm³/mol. The number of likely N-dealkylation sites (N-methyl/N-ethyl adjacent to an activating group) is 1. The van der Waals surface area contributed by atoms with Crippen molar-refractivity contribution in [3.63, 3.8) is 0 Å². The van der Waals surface area contributed by atoms with Crippen LogP contribution in [0.2, 0.25) is 0 Å². The SMILES string of the molecule is CNc1nc([C@H]2CCCN(C)C2)nc2c1CN(C(=O)Cc1c[nH]c3ccccc13)CC2. The molecule has 5 rings (SSSR count). The maximum Gasteiger partial charge on any atom is 0.227 e. The number of hydrogen-bond donors (Lipinski definition) is 2. The summed E-state index contributed by atoms with van der Waals surface area (Å²) in [5.74, 6) is 2.36. The van der Waals surface area contributed by atoms with E-state index in [9.17, 15) is 4.79 Å². The van der Waals surface area contributed by atoms with E-state index in [2.05, 4.69) is 28.3 Å². The average molecular weight is 419 g/mol. The van der Waals surface area contributed by atoms with Crippen molar-refractivity contribution >= 4 is 22.6 Å². The molecule has 162 valence electrons. The fourth-order valence-corrected chi connectivity index (χ4v) is 4.97. The Morgan fingerprint density at radius 3 is 2.97 bits per heavy atom. The molecule has 1 amide bonds. The second-order valence-electron chi connectivity index (χ2n) is 8.81. The summed E-state index contributed by atoms with van der Waals surface area (Å²) in [5, 5.41) is 4.39. The largest absolute Gasteiger partial charge is 0.373 e. The highest BCUT2D eigenvalue weighted by Gasteiger charge is 2.28. The van der Waals surface area contributed by atoms with Gasteiger partial charge in [-0.3, -0.25) is 4.79 Å². The van der Waals surface area contributed by atoms with Crippen LogP contribution in [-0.2, 0) is 24.2 Å². The highest BCUT2D eigenvalue weighted by molar-refractivity contribution is 5.89. The lowest BCUT2D eigenvalue weighted by Gasteiger charge is -2.32. The van der Waals surface area contributed by atoms with Crippen molar-refractivity contribution in [2.24, 2.45) is 0 Å². The minimum Gasteiger partial charge on any atom is -0.373 e. The number of likely N-dealkylation sites (tertiary alicyclic amines) is 1. The van der Waals surface area contributed by atoms with Crippen LogP contribution in [0.4, 0.5) is 5.82 Å². The minimum atomic E-state index is 0.149. The van der Waals surface area contributed by atoms with Crippen molar-refractivity contribution in [3.05, 3.63) is 53.1 Å². The van der Waals surface area contributed by atoms with Gasteiger partial charge in [0.05, 0.1) is 18.7 Å². The molecule has 0 spiro atoms. The topological polar surface area (TPSA) is 77.2 Å². The fraction of sp³-hybridized carbons (Fsp3) is 0.458. The summed E-state index contributed by atoms with van der Waals surface area (Å²) in [6.45, 7) is 3.43. The molecular weight excluding hydrogens is 388 g/mol. The van der Waals surface area contributed by atoms with Gasteiger partial charge in [-0.2, -0.15) is 0 Å². The fourth-order valence-electron chi connectivity index (χ4n) is 4.97. The summed E-state index contributed by atoms with van der Waals surface area (Å²) in [6.07, 6.45) is 5.47. The summed E-state index contributed by atoms with van der Waals surface area (Å²) in [6, 6.07) is 8.13. The standard InChI is InChI=1S/C24H30N6O/c1-25-24-19-15-30(22(31)12-17-13-26-20-8-4-3-7-18(17)20)11-9-21(19)27-23(28-24)16-6-5-10-29(2)14-16/h3-4,7-8,13,16,26H,5-6,9-12,14-15H2,1-2H3,(H,25,27,28)/t16-/m0/s1. The zero-order chi connectivity index (χ0) is 21.4. The number of H-pyrrole nitrogens is 1. The Labute approximate surface area is 182 Å². The van der Waals surface area contributed by atoms with Crippen molar-refractivity contribution in [2.75, 3.05) is 39.0 Å². The van der Waals surface area contributed by atoms with Gasteiger partial charge >= 0.3 is 0 Å². The van der Waals surface area contributed by atoms with E-state index in [0.29, 0.717) is 25.4 Å². The molecule has 31 heavy (non-hydrogen) atoms. The number of anilines is 1. The van der Waals surface area contributed by atoms with E-state index in [1.165, 1.54) is 6.42 Å². The third-order valence-corrected chi connectivity index (χ3v) is 6.67. The van der Waals surface area contributed by atoms with Crippen LogP contribution in [-0.4, -0.2) is 64.4 Å². The first-order chi connectivity index (χ1) is 15.1. The molecule has 2 aliphatic heterocycles. The molecule has 0 radical (unpaired) electrons. The zero-order valence-corrected chi connectivity index (χ0v) is 18.3. The number of aromatic nitrogens is 3. The van der Waals surface area contributed by atoms with Gasteiger partial charge in [-0.25, -0.2) is 9.97 Å². The van der Waals surface area contributed by atoms with E-state index in [1.807, 2.05) is 36.3 Å². The monoisotopic (exact) mass is 418 g/mol. The molecule has 3 aromatic rings. The van der Waals surface area contributed by atoms with Gasteiger partial charge in [0, 0.05) is 55.1 Å². The van der Waals surface area contributed by atoms with Gasteiger partial charge in [0.25, 0.3) is 0 Å². The number of rotatable bonds is 4. The predicted octanol–water partition coefficient (Wildman–Crippen LogP) is 2.94.